The number of quaternary nitrogens is 1. The first-order valence-electron chi connectivity index (χ1n) is 5.04. The Hall–Kier alpha value is -0.580. The van der Waals surface area contributed by atoms with Crippen LogP contribution in [0.5, 0.6) is 0 Å². The van der Waals surface area contributed by atoms with Gasteiger partial charge in [-0.05, 0) is 21.0 Å². The molecule has 0 bridgehead atoms. The number of halogens is 1. The largest absolute Gasteiger partial charge is 1.00 e. The summed E-state index contributed by atoms with van der Waals surface area (Å²) in [5.74, 6) is -0.306. The fourth-order valence-electron chi connectivity index (χ4n) is 1.35. The minimum atomic E-state index is -0.306. The SMILES string of the molecule is C=C(C)C(=O)OCC[N+](C)(C)CN(C)C.[Cl-]. The van der Waals surface area contributed by atoms with E-state index in [1.54, 1.807) is 6.92 Å². The molecule has 0 aromatic carbocycles. The van der Waals surface area contributed by atoms with Gasteiger partial charge in [-0.2, -0.15) is 0 Å². The number of carbonyl (C=O) groups excluding carboxylic acids is 1. The molecule has 5 heteroatoms. The van der Waals surface area contributed by atoms with Crippen LogP contribution < -0.4 is 12.4 Å². The maximum atomic E-state index is 11.1. The monoisotopic (exact) mass is 250 g/mol. The van der Waals surface area contributed by atoms with E-state index in [-0.39, 0.29) is 18.4 Å². The average Bonchev–Trinajstić information content (AvgIpc) is 2.00. The molecule has 0 saturated carbocycles. The summed E-state index contributed by atoms with van der Waals surface area (Å²) in [5, 5.41) is 0. The molecule has 0 aliphatic rings. The van der Waals surface area contributed by atoms with Crippen molar-refractivity contribution in [3.63, 3.8) is 0 Å². The molecule has 0 aliphatic heterocycles. The maximum Gasteiger partial charge on any atom is 0.333 e. The number of nitrogens with zero attached hydrogens (tertiary/aromatic N) is 2. The van der Waals surface area contributed by atoms with Crippen LogP contribution in [0.25, 0.3) is 0 Å². The zero-order valence-electron chi connectivity index (χ0n) is 10.9. The molecule has 0 atom stereocenters. The van der Waals surface area contributed by atoms with Crippen molar-refractivity contribution in [3.05, 3.63) is 12.2 Å². The standard InChI is InChI=1S/C11H23N2O2.ClH/c1-10(2)11(14)15-8-7-13(5,6)9-12(3)4;/h1,7-9H2,2-6H3;1H/q+1;/p-1. The van der Waals surface area contributed by atoms with Crippen LogP contribution in [0.15, 0.2) is 12.2 Å². The van der Waals surface area contributed by atoms with Gasteiger partial charge in [0.2, 0.25) is 0 Å². The number of hydrogen-bond acceptors (Lipinski definition) is 3. The summed E-state index contributed by atoms with van der Waals surface area (Å²) in [6, 6.07) is 0. The van der Waals surface area contributed by atoms with Crippen molar-refractivity contribution in [2.45, 2.75) is 6.92 Å². The highest BCUT2D eigenvalue weighted by molar-refractivity contribution is 5.86. The third-order valence-corrected chi connectivity index (χ3v) is 1.94. The first-order valence-corrected chi connectivity index (χ1v) is 5.04. The molecule has 0 fully saturated rings. The smallest absolute Gasteiger partial charge is 0.333 e. The Balaban J connectivity index is 0. The molecule has 0 aromatic heterocycles. The van der Waals surface area contributed by atoms with E-state index in [0.717, 1.165) is 17.7 Å². The van der Waals surface area contributed by atoms with Gasteiger partial charge in [0.25, 0.3) is 0 Å². The lowest BCUT2D eigenvalue weighted by Crippen LogP contribution is -3.00. The highest BCUT2D eigenvalue weighted by Crippen LogP contribution is 1.99. The highest BCUT2D eigenvalue weighted by Gasteiger charge is 2.16. The Morgan fingerprint density at radius 3 is 2.25 bits per heavy atom. The van der Waals surface area contributed by atoms with Gasteiger partial charge >= 0.3 is 5.97 Å². The van der Waals surface area contributed by atoms with Crippen LogP contribution in [0.3, 0.4) is 0 Å². The minimum Gasteiger partial charge on any atom is -1.00 e. The molecule has 0 aliphatic carbocycles. The molecular weight excluding hydrogens is 228 g/mol. The lowest BCUT2D eigenvalue weighted by molar-refractivity contribution is -0.899. The normalized spacial score (nSPS) is 10.9. The van der Waals surface area contributed by atoms with Crippen molar-refractivity contribution in [2.24, 2.45) is 0 Å². The number of ether oxygens (including phenoxy) is 1. The van der Waals surface area contributed by atoms with Crippen LogP contribution in [0.4, 0.5) is 0 Å². The number of hydrogen-bond donors (Lipinski definition) is 0. The predicted molar refractivity (Wildman–Crippen MR) is 61.3 cm³/mol. The molecule has 0 aromatic rings. The summed E-state index contributed by atoms with van der Waals surface area (Å²) in [4.78, 5) is 13.2. The van der Waals surface area contributed by atoms with Gasteiger partial charge in [-0.25, -0.2) is 4.79 Å². The van der Waals surface area contributed by atoms with Gasteiger partial charge in [0, 0.05) is 5.57 Å². The molecule has 0 saturated heterocycles. The van der Waals surface area contributed by atoms with Crippen LogP contribution in [0.2, 0.25) is 0 Å². The van der Waals surface area contributed by atoms with Crippen molar-refractivity contribution < 1.29 is 26.4 Å². The fourth-order valence-corrected chi connectivity index (χ4v) is 1.35. The summed E-state index contributed by atoms with van der Waals surface area (Å²) >= 11 is 0. The third kappa shape index (κ3) is 8.71. The second-order valence-electron chi connectivity index (χ2n) is 4.80. The van der Waals surface area contributed by atoms with Crippen LogP contribution in [-0.2, 0) is 9.53 Å². The summed E-state index contributed by atoms with van der Waals surface area (Å²) in [7, 11) is 8.27. The van der Waals surface area contributed by atoms with E-state index in [9.17, 15) is 4.79 Å². The quantitative estimate of drug-likeness (QED) is 0.230. The zero-order chi connectivity index (χ0) is 12.1. The third-order valence-electron chi connectivity index (χ3n) is 1.94. The summed E-state index contributed by atoms with van der Waals surface area (Å²) in [6.45, 7) is 7.35. The van der Waals surface area contributed by atoms with Crippen LogP contribution in [0.1, 0.15) is 6.92 Å². The lowest BCUT2D eigenvalue weighted by Gasteiger charge is -2.32. The van der Waals surface area contributed by atoms with Gasteiger partial charge in [-0.3, -0.25) is 4.90 Å². The summed E-state index contributed by atoms with van der Waals surface area (Å²) in [6.07, 6.45) is 0. The average molecular weight is 251 g/mol. The van der Waals surface area contributed by atoms with Crippen molar-refractivity contribution in [2.75, 3.05) is 48.0 Å². The summed E-state index contributed by atoms with van der Waals surface area (Å²) in [5.41, 5.74) is 0.452. The van der Waals surface area contributed by atoms with E-state index in [0.29, 0.717) is 12.2 Å². The fraction of sp³-hybridized carbons (Fsp3) is 0.727. The van der Waals surface area contributed by atoms with E-state index in [2.05, 4.69) is 25.6 Å². The highest BCUT2D eigenvalue weighted by atomic mass is 35.5. The molecule has 0 rings (SSSR count). The second kappa shape index (κ2) is 7.65. The molecule has 0 unspecified atom stereocenters. The number of carbonyl (C=O) groups is 1. The van der Waals surface area contributed by atoms with Crippen LogP contribution in [-0.4, -0.2) is 63.4 Å². The molecule has 0 N–H and O–H groups in total. The Kier molecular flexibility index (Phi) is 8.52. The number of likely N-dealkylation sites (N-methyl/N-ethyl adjacent to an activating group) is 1. The van der Waals surface area contributed by atoms with E-state index in [1.807, 2.05) is 14.1 Å². The van der Waals surface area contributed by atoms with E-state index >= 15 is 0 Å². The molecular formula is C11H23ClN2O2. The Morgan fingerprint density at radius 1 is 1.38 bits per heavy atom. The van der Waals surface area contributed by atoms with Gasteiger partial charge in [0.05, 0.1) is 14.1 Å². The zero-order valence-corrected chi connectivity index (χ0v) is 11.7. The first-order chi connectivity index (χ1) is 6.74. The van der Waals surface area contributed by atoms with Crippen molar-refractivity contribution in [1.82, 2.24) is 4.90 Å². The van der Waals surface area contributed by atoms with E-state index < -0.39 is 0 Å². The van der Waals surface area contributed by atoms with Gasteiger partial charge in [-0.15, -0.1) is 0 Å². The second-order valence-corrected chi connectivity index (χ2v) is 4.80. The van der Waals surface area contributed by atoms with E-state index in [1.165, 1.54) is 0 Å². The topological polar surface area (TPSA) is 29.5 Å². The number of esters is 1. The van der Waals surface area contributed by atoms with Gasteiger partial charge in [0.15, 0.2) is 0 Å². The lowest BCUT2D eigenvalue weighted by atomic mass is 10.4. The molecule has 0 radical (unpaired) electrons. The Labute approximate surface area is 105 Å². The van der Waals surface area contributed by atoms with Gasteiger partial charge in [-0.1, -0.05) is 6.58 Å². The molecule has 16 heavy (non-hydrogen) atoms. The Bertz CT molecular complexity index is 240. The molecule has 0 spiro atoms. The van der Waals surface area contributed by atoms with Gasteiger partial charge < -0.3 is 21.6 Å². The molecule has 96 valence electrons. The van der Waals surface area contributed by atoms with Crippen molar-refractivity contribution in [3.8, 4) is 0 Å². The minimum absolute atomic E-state index is 0. The maximum absolute atomic E-state index is 11.1. The van der Waals surface area contributed by atoms with Crippen molar-refractivity contribution in [1.29, 1.82) is 0 Å². The molecule has 0 amide bonds. The first kappa shape index (κ1) is 17.8. The molecule has 0 heterocycles. The molecule has 4 nitrogen and oxygen atoms in total. The van der Waals surface area contributed by atoms with Crippen molar-refractivity contribution >= 4 is 5.97 Å². The Morgan fingerprint density at radius 2 is 1.88 bits per heavy atom. The van der Waals surface area contributed by atoms with Crippen LogP contribution >= 0.6 is 0 Å². The van der Waals surface area contributed by atoms with Crippen LogP contribution in [0, 0.1) is 0 Å². The van der Waals surface area contributed by atoms with E-state index in [4.69, 9.17) is 4.74 Å². The summed E-state index contributed by atoms with van der Waals surface area (Å²) < 4.78 is 5.85. The van der Waals surface area contributed by atoms with Gasteiger partial charge in [0.1, 0.15) is 19.8 Å². The predicted octanol–water partition coefficient (Wildman–Crippen LogP) is -2.29. The number of rotatable bonds is 6.